The molecule has 1 saturated carbocycles. The zero-order chi connectivity index (χ0) is 7.56. The van der Waals surface area contributed by atoms with Gasteiger partial charge >= 0.3 is 0 Å². The Morgan fingerprint density at radius 1 is 1.70 bits per heavy atom. The van der Waals surface area contributed by atoms with E-state index >= 15 is 0 Å². The molecule has 10 heavy (non-hydrogen) atoms. The second-order valence-electron chi connectivity index (χ2n) is 2.33. The van der Waals surface area contributed by atoms with Gasteiger partial charge in [-0.1, -0.05) is 6.58 Å². The van der Waals surface area contributed by atoms with Crippen molar-refractivity contribution in [3.05, 3.63) is 18.0 Å². The van der Waals surface area contributed by atoms with E-state index in [0.717, 1.165) is 19.0 Å². The fraction of sp³-hybridized carbons (Fsp3) is 0.667. The van der Waals surface area contributed by atoms with Crippen molar-refractivity contribution in [3.8, 4) is 0 Å². The maximum Gasteiger partial charge on any atom is 0.0375 e. The predicted molar refractivity (Wildman–Crippen MR) is 37.3 cm³/mol. The fourth-order valence-electron chi connectivity index (χ4n) is 0.665. The van der Waals surface area contributed by atoms with Crippen molar-refractivity contribution in [2.75, 3.05) is 7.05 Å². The third kappa shape index (κ3) is 1.98. The van der Waals surface area contributed by atoms with Gasteiger partial charge in [-0.2, -0.15) is 10.0 Å². The smallest absolute Gasteiger partial charge is 0.0375 e. The van der Waals surface area contributed by atoms with E-state index in [1.165, 1.54) is 0 Å². The predicted octanol–water partition coefficient (Wildman–Crippen LogP) is 0.871. The first-order valence-corrected chi connectivity index (χ1v) is 3.24. The molecule has 0 saturated heterocycles. The second kappa shape index (κ2) is 3.01. The maximum absolute atomic E-state index is 10.5. The summed E-state index contributed by atoms with van der Waals surface area (Å²) in [5.74, 6) is 0. The zero-order valence-corrected chi connectivity index (χ0v) is 5.99. The molecule has 0 atom stereocenters. The Kier molecular flexibility index (Phi) is 2.26. The highest BCUT2D eigenvalue weighted by molar-refractivity contribution is 4.78. The van der Waals surface area contributed by atoms with Gasteiger partial charge in [0, 0.05) is 19.3 Å². The lowest BCUT2D eigenvalue weighted by atomic mass is 10.7. The van der Waals surface area contributed by atoms with Gasteiger partial charge in [0.25, 0.3) is 0 Å². The summed E-state index contributed by atoms with van der Waals surface area (Å²) in [6, 6.07) is 0.427. The summed E-state index contributed by atoms with van der Waals surface area (Å²) in [4.78, 5) is 4.72. The molecule has 1 aliphatic carbocycles. The van der Waals surface area contributed by atoms with E-state index in [0.29, 0.717) is 11.3 Å². The van der Waals surface area contributed by atoms with E-state index in [-0.39, 0.29) is 0 Å². The molecule has 0 aromatic heterocycles. The minimum absolute atomic E-state index is 0.346. The van der Waals surface area contributed by atoms with Crippen LogP contribution in [0, 0.1) is 5.21 Å². The molecule has 1 aliphatic rings. The van der Waals surface area contributed by atoms with Crippen LogP contribution in [0.2, 0.25) is 0 Å². The molecule has 0 aromatic rings. The molecule has 0 bridgehead atoms. The largest absolute Gasteiger partial charge is 0.732 e. The Bertz CT molecular complexity index is 125. The Morgan fingerprint density at radius 2 is 2.30 bits per heavy atom. The quantitative estimate of drug-likeness (QED) is 0.547. The molecule has 0 amide bonds. The lowest BCUT2D eigenvalue weighted by molar-refractivity contribution is -0.276. The van der Waals surface area contributed by atoms with E-state index in [2.05, 4.69) is 6.58 Å². The van der Waals surface area contributed by atoms with Crippen LogP contribution in [0.1, 0.15) is 12.8 Å². The number of hydroxylamine groups is 4. The van der Waals surface area contributed by atoms with E-state index in [1.54, 1.807) is 12.1 Å². The Balaban J connectivity index is 2.15. The summed E-state index contributed by atoms with van der Waals surface area (Å²) in [6.45, 7) is 3.26. The third-order valence-electron chi connectivity index (χ3n) is 1.42. The van der Waals surface area contributed by atoms with Crippen LogP contribution in [-0.2, 0) is 4.94 Å². The Morgan fingerprint density at radius 3 is 2.70 bits per heavy atom. The van der Waals surface area contributed by atoms with E-state index in [4.69, 9.17) is 4.94 Å². The van der Waals surface area contributed by atoms with Crippen LogP contribution in [0.5, 0.6) is 0 Å². The Labute approximate surface area is 60.2 Å². The first-order chi connectivity index (χ1) is 4.74. The molecule has 58 valence electrons. The van der Waals surface area contributed by atoms with E-state index in [9.17, 15) is 5.21 Å². The highest BCUT2D eigenvalue weighted by Gasteiger charge is 2.27. The van der Waals surface area contributed by atoms with Crippen molar-refractivity contribution < 1.29 is 4.94 Å². The molecule has 0 heterocycles. The summed E-state index contributed by atoms with van der Waals surface area (Å²) < 4.78 is 0. The van der Waals surface area contributed by atoms with Gasteiger partial charge in [-0.25, -0.2) is 0 Å². The van der Waals surface area contributed by atoms with Crippen LogP contribution >= 0.6 is 0 Å². The lowest BCUT2D eigenvalue weighted by Crippen LogP contribution is -2.27. The first kappa shape index (κ1) is 7.53. The van der Waals surface area contributed by atoms with Gasteiger partial charge in [0.15, 0.2) is 0 Å². The molecule has 4 heteroatoms. The van der Waals surface area contributed by atoms with Crippen molar-refractivity contribution in [1.82, 2.24) is 10.3 Å². The molecule has 0 unspecified atom stereocenters. The lowest BCUT2D eigenvalue weighted by Gasteiger charge is -2.28. The molecule has 4 nitrogen and oxygen atoms in total. The number of rotatable bonds is 4. The van der Waals surface area contributed by atoms with Gasteiger partial charge in [-0.3, -0.25) is 0 Å². The molecular formula is C6H11N2O2-. The summed E-state index contributed by atoms with van der Waals surface area (Å²) in [5.41, 5.74) is 0. The molecule has 0 N–H and O–H groups in total. The van der Waals surface area contributed by atoms with Crippen molar-refractivity contribution in [1.29, 1.82) is 0 Å². The normalized spacial score (nSPS) is 17.5. The van der Waals surface area contributed by atoms with Gasteiger partial charge in [0.2, 0.25) is 0 Å². The second-order valence-corrected chi connectivity index (χ2v) is 2.33. The molecular weight excluding hydrogens is 132 g/mol. The van der Waals surface area contributed by atoms with Gasteiger partial charge in [0.05, 0.1) is 0 Å². The number of hydrogen-bond acceptors (Lipinski definition) is 4. The zero-order valence-electron chi connectivity index (χ0n) is 5.99. The molecule has 0 radical (unpaired) electrons. The Hall–Kier alpha value is -0.580. The van der Waals surface area contributed by atoms with Gasteiger partial charge in [-0.05, 0) is 12.8 Å². The third-order valence-corrected chi connectivity index (χ3v) is 1.42. The molecule has 1 fully saturated rings. The van der Waals surface area contributed by atoms with Crippen LogP contribution in [0.25, 0.3) is 0 Å². The fourth-order valence-corrected chi connectivity index (χ4v) is 0.665. The molecule has 1 rings (SSSR count). The number of nitrogens with zero attached hydrogens (tertiary/aromatic N) is 2. The summed E-state index contributed by atoms with van der Waals surface area (Å²) in [5, 5.41) is 12.4. The summed E-state index contributed by atoms with van der Waals surface area (Å²) in [6.07, 6.45) is 3.31. The van der Waals surface area contributed by atoms with E-state index in [1.807, 2.05) is 0 Å². The van der Waals surface area contributed by atoms with Crippen LogP contribution in [0.15, 0.2) is 12.8 Å². The average molecular weight is 143 g/mol. The van der Waals surface area contributed by atoms with Crippen LogP contribution in [-0.4, -0.2) is 23.4 Å². The minimum atomic E-state index is 0.346. The van der Waals surface area contributed by atoms with Gasteiger partial charge < -0.3 is 10.4 Å². The highest BCUT2D eigenvalue weighted by Crippen LogP contribution is 2.25. The SMILES string of the molecule is C=CN([O-])ON(C)C1CC1. The monoisotopic (exact) mass is 143 g/mol. The van der Waals surface area contributed by atoms with Gasteiger partial charge in [0.1, 0.15) is 0 Å². The number of hydrogen-bond donors (Lipinski definition) is 0. The topological polar surface area (TPSA) is 38.8 Å². The van der Waals surface area contributed by atoms with Crippen molar-refractivity contribution in [3.63, 3.8) is 0 Å². The summed E-state index contributed by atoms with van der Waals surface area (Å²) >= 11 is 0. The standard InChI is InChI=1S/C6H11N2O2/c1-3-8(9)10-7(2)6-4-5-6/h3,6H,1,4-5H2,2H3/q-1. The van der Waals surface area contributed by atoms with Crippen molar-refractivity contribution in [2.24, 2.45) is 0 Å². The maximum atomic E-state index is 10.5. The molecule has 0 aliphatic heterocycles. The van der Waals surface area contributed by atoms with Crippen LogP contribution in [0.3, 0.4) is 0 Å². The van der Waals surface area contributed by atoms with E-state index < -0.39 is 0 Å². The average Bonchev–Trinajstić information content (AvgIpc) is 2.68. The van der Waals surface area contributed by atoms with Crippen LogP contribution < -0.4 is 0 Å². The van der Waals surface area contributed by atoms with Crippen molar-refractivity contribution in [2.45, 2.75) is 18.9 Å². The van der Waals surface area contributed by atoms with Crippen LogP contribution in [0.4, 0.5) is 0 Å². The molecule has 0 aromatic carbocycles. The highest BCUT2D eigenvalue weighted by atomic mass is 17.0. The molecule has 0 spiro atoms. The van der Waals surface area contributed by atoms with Crippen molar-refractivity contribution >= 4 is 0 Å². The van der Waals surface area contributed by atoms with Gasteiger partial charge in [-0.15, -0.1) is 0 Å². The summed E-state index contributed by atoms with van der Waals surface area (Å²) in [7, 11) is 1.74. The minimum Gasteiger partial charge on any atom is -0.732 e. The first-order valence-electron chi connectivity index (χ1n) is 3.24.